The van der Waals surface area contributed by atoms with Gasteiger partial charge in [0.1, 0.15) is 0 Å². The highest BCUT2D eigenvalue weighted by Crippen LogP contribution is 2.29. The monoisotopic (exact) mass is 322 g/mol. The van der Waals surface area contributed by atoms with E-state index in [1.54, 1.807) is 18.3 Å². The number of thiazole rings is 1. The zero-order valence-electron chi connectivity index (χ0n) is 13.4. The minimum absolute atomic E-state index is 0.0722. The lowest BCUT2D eigenvalue weighted by Gasteiger charge is -2.05. The molecule has 0 saturated carbocycles. The molecule has 3 nitrogen and oxygen atoms in total. The zero-order valence-corrected chi connectivity index (χ0v) is 14.2. The molecule has 0 spiro atoms. The summed E-state index contributed by atoms with van der Waals surface area (Å²) < 4.78 is 0. The number of nitrogens with zero attached hydrogens (tertiary/aromatic N) is 1. The summed E-state index contributed by atoms with van der Waals surface area (Å²) >= 11 is 1.58. The molecule has 0 aliphatic rings. The Bertz CT molecular complexity index is 850. The molecule has 1 N–H and O–H groups in total. The van der Waals surface area contributed by atoms with Crippen molar-refractivity contribution in [2.24, 2.45) is 0 Å². The molecule has 0 saturated heterocycles. The minimum Gasteiger partial charge on any atom is -0.332 e. The van der Waals surface area contributed by atoms with Crippen LogP contribution in [-0.2, 0) is 0 Å². The molecule has 2 aromatic carbocycles. The fraction of sp³-hybridized carbons (Fsp3) is 0.158. The van der Waals surface area contributed by atoms with Crippen molar-refractivity contribution in [1.82, 2.24) is 4.98 Å². The second-order valence-corrected chi connectivity index (χ2v) is 6.47. The largest absolute Gasteiger partial charge is 0.332 e. The lowest BCUT2D eigenvalue weighted by molar-refractivity contribution is 0.101. The number of Topliss-reactive ketones (excluding diaryl/α,β-unsaturated/α-hetero) is 1. The smallest absolute Gasteiger partial charge is 0.187 e. The summed E-state index contributed by atoms with van der Waals surface area (Å²) in [6.45, 7) is 5.76. The van der Waals surface area contributed by atoms with Crippen molar-refractivity contribution in [2.45, 2.75) is 20.8 Å². The van der Waals surface area contributed by atoms with Crippen LogP contribution in [0.5, 0.6) is 0 Å². The summed E-state index contributed by atoms with van der Waals surface area (Å²) in [5.41, 5.74) is 6.24. The molecular weight excluding hydrogens is 304 g/mol. The number of aromatic nitrogens is 1. The van der Waals surface area contributed by atoms with Crippen LogP contribution in [0.2, 0.25) is 0 Å². The van der Waals surface area contributed by atoms with Crippen LogP contribution in [0, 0.1) is 13.8 Å². The summed E-state index contributed by atoms with van der Waals surface area (Å²) in [4.78, 5) is 16.0. The van der Waals surface area contributed by atoms with E-state index >= 15 is 0 Å². The topological polar surface area (TPSA) is 42.0 Å². The van der Waals surface area contributed by atoms with Gasteiger partial charge in [-0.15, -0.1) is 11.3 Å². The first-order valence-electron chi connectivity index (χ1n) is 7.44. The van der Waals surface area contributed by atoms with Crippen molar-refractivity contribution in [3.8, 4) is 11.3 Å². The van der Waals surface area contributed by atoms with E-state index in [9.17, 15) is 4.79 Å². The van der Waals surface area contributed by atoms with Crippen LogP contribution in [0.25, 0.3) is 11.3 Å². The average Bonchev–Trinajstić information content (AvgIpc) is 2.98. The molecule has 0 aliphatic heterocycles. The van der Waals surface area contributed by atoms with Crippen LogP contribution in [0.15, 0.2) is 47.8 Å². The van der Waals surface area contributed by atoms with Gasteiger partial charge < -0.3 is 5.32 Å². The number of hydrogen-bond acceptors (Lipinski definition) is 4. The highest BCUT2D eigenvalue weighted by atomic mass is 32.1. The van der Waals surface area contributed by atoms with Crippen LogP contribution >= 0.6 is 11.3 Å². The lowest BCUT2D eigenvalue weighted by Crippen LogP contribution is -1.94. The number of aryl methyl sites for hydroxylation is 2. The Morgan fingerprint density at radius 3 is 2.52 bits per heavy atom. The van der Waals surface area contributed by atoms with Gasteiger partial charge in [0.15, 0.2) is 10.9 Å². The van der Waals surface area contributed by atoms with Gasteiger partial charge in [0.05, 0.1) is 5.69 Å². The standard InChI is InChI=1S/C19H18N2OS/c1-12-4-5-13(2)17(10-12)18-11-23-19(21-18)20-16-8-6-15(7-9-16)14(3)22/h4-11H,1-3H3,(H,20,21). The van der Waals surface area contributed by atoms with Crippen LogP contribution in [0.1, 0.15) is 28.4 Å². The van der Waals surface area contributed by atoms with Crippen LogP contribution in [0.3, 0.4) is 0 Å². The molecular formula is C19H18N2OS. The van der Waals surface area contributed by atoms with Crippen LogP contribution in [-0.4, -0.2) is 10.8 Å². The SMILES string of the molecule is CC(=O)c1ccc(Nc2nc(-c3cc(C)ccc3C)cs2)cc1. The zero-order chi connectivity index (χ0) is 16.4. The van der Waals surface area contributed by atoms with Gasteiger partial charge >= 0.3 is 0 Å². The Balaban J connectivity index is 1.82. The summed E-state index contributed by atoms with van der Waals surface area (Å²) in [5.74, 6) is 0.0722. The normalized spacial score (nSPS) is 10.6. The molecule has 3 rings (SSSR count). The van der Waals surface area contributed by atoms with Gasteiger partial charge in [0.2, 0.25) is 0 Å². The molecule has 1 heterocycles. The Morgan fingerprint density at radius 1 is 1.09 bits per heavy atom. The molecule has 0 bridgehead atoms. The Morgan fingerprint density at radius 2 is 1.83 bits per heavy atom. The summed E-state index contributed by atoms with van der Waals surface area (Å²) in [7, 11) is 0. The maximum atomic E-state index is 11.3. The molecule has 0 aliphatic carbocycles. The molecule has 0 amide bonds. The number of nitrogens with one attached hydrogen (secondary N) is 1. The number of carbonyl (C=O) groups excluding carboxylic acids is 1. The Kier molecular flexibility index (Phi) is 4.26. The lowest BCUT2D eigenvalue weighted by atomic mass is 10.0. The van der Waals surface area contributed by atoms with Crippen molar-refractivity contribution >= 4 is 27.9 Å². The number of ketones is 1. The molecule has 0 unspecified atom stereocenters. The maximum Gasteiger partial charge on any atom is 0.187 e. The fourth-order valence-electron chi connectivity index (χ4n) is 2.38. The van der Waals surface area contributed by atoms with E-state index in [0.717, 1.165) is 16.5 Å². The van der Waals surface area contributed by atoms with E-state index in [0.29, 0.717) is 5.56 Å². The first-order chi connectivity index (χ1) is 11.0. The van der Waals surface area contributed by atoms with Crippen molar-refractivity contribution < 1.29 is 4.79 Å². The van der Waals surface area contributed by atoms with Crippen LogP contribution < -0.4 is 5.32 Å². The highest BCUT2D eigenvalue weighted by molar-refractivity contribution is 7.14. The highest BCUT2D eigenvalue weighted by Gasteiger charge is 2.08. The second-order valence-electron chi connectivity index (χ2n) is 5.61. The van der Waals surface area contributed by atoms with Gasteiger partial charge in [-0.3, -0.25) is 4.79 Å². The van der Waals surface area contributed by atoms with E-state index in [2.05, 4.69) is 47.7 Å². The molecule has 1 aromatic heterocycles. The number of carbonyl (C=O) groups is 1. The van der Waals surface area contributed by atoms with E-state index in [1.807, 2.05) is 24.3 Å². The number of benzene rings is 2. The predicted molar refractivity (Wildman–Crippen MR) is 96.8 cm³/mol. The molecule has 116 valence electrons. The van der Waals surface area contributed by atoms with E-state index in [4.69, 9.17) is 0 Å². The number of hydrogen-bond donors (Lipinski definition) is 1. The van der Waals surface area contributed by atoms with Gasteiger partial charge in [-0.2, -0.15) is 0 Å². The molecule has 0 fully saturated rings. The van der Waals surface area contributed by atoms with Gasteiger partial charge in [-0.05, 0) is 56.7 Å². The summed E-state index contributed by atoms with van der Waals surface area (Å²) in [6, 6.07) is 13.8. The maximum absolute atomic E-state index is 11.3. The van der Waals surface area contributed by atoms with Gasteiger partial charge in [-0.1, -0.05) is 17.7 Å². The molecule has 3 aromatic rings. The second kappa shape index (κ2) is 6.34. The molecule has 0 radical (unpaired) electrons. The first-order valence-corrected chi connectivity index (χ1v) is 8.32. The summed E-state index contributed by atoms with van der Waals surface area (Å²) in [5, 5.41) is 6.20. The first kappa shape index (κ1) is 15.4. The fourth-order valence-corrected chi connectivity index (χ4v) is 3.11. The average molecular weight is 322 g/mol. The quantitative estimate of drug-likeness (QED) is 0.656. The number of anilines is 2. The minimum atomic E-state index is 0.0722. The van der Waals surface area contributed by atoms with Crippen molar-refractivity contribution in [2.75, 3.05) is 5.32 Å². The summed E-state index contributed by atoms with van der Waals surface area (Å²) in [6.07, 6.45) is 0. The van der Waals surface area contributed by atoms with Gasteiger partial charge in [0, 0.05) is 22.2 Å². The Labute approximate surface area is 140 Å². The van der Waals surface area contributed by atoms with E-state index < -0.39 is 0 Å². The van der Waals surface area contributed by atoms with Crippen LogP contribution in [0.4, 0.5) is 10.8 Å². The third-order valence-electron chi connectivity index (χ3n) is 3.72. The van der Waals surface area contributed by atoms with Gasteiger partial charge in [-0.25, -0.2) is 4.98 Å². The third-order valence-corrected chi connectivity index (χ3v) is 4.47. The van der Waals surface area contributed by atoms with Crippen molar-refractivity contribution in [3.05, 3.63) is 64.5 Å². The van der Waals surface area contributed by atoms with Crippen molar-refractivity contribution in [1.29, 1.82) is 0 Å². The molecule has 0 atom stereocenters. The Hall–Kier alpha value is -2.46. The molecule has 23 heavy (non-hydrogen) atoms. The third kappa shape index (κ3) is 3.48. The molecule has 4 heteroatoms. The van der Waals surface area contributed by atoms with E-state index in [1.165, 1.54) is 16.7 Å². The van der Waals surface area contributed by atoms with Gasteiger partial charge in [0.25, 0.3) is 0 Å². The van der Waals surface area contributed by atoms with E-state index in [-0.39, 0.29) is 5.78 Å². The number of rotatable bonds is 4. The predicted octanol–water partition coefficient (Wildman–Crippen LogP) is 5.37. The van der Waals surface area contributed by atoms with Crippen molar-refractivity contribution in [3.63, 3.8) is 0 Å².